The van der Waals surface area contributed by atoms with Crippen LogP contribution in [0.1, 0.15) is 62.1 Å². The second-order valence-corrected chi connectivity index (χ2v) is 5.32. The summed E-state index contributed by atoms with van der Waals surface area (Å²) in [5.41, 5.74) is -3.53. The van der Waals surface area contributed by atoms with Crippen LogP contribution < -0.4 is 0 Å². The minimum atomic E-state index is -1.83. The monoisotopic (exact) mass is 420 g/mol. The summed E-state index contributed by atoms with van der Waals surface area (Å²) in [6.07, 6.45) is 0. The topological polar surface area (TPSA) is 224 Å². The molecule has 2 rings (SSSR count). The fourth-order valence-electron chi connectivity index (χ4n) is 2.16. The molecule has 0 aliphatic carbocycles. The minimum absolute atomic E-state index is 0.0833. The third-order valence-electron chi connectivity index (χ3n) is 3.47. The molecule has 6 N–H and O–H groups in total. The van der Waals surface area contributed by atoms with Gasteiger partial charge in [0.2, 0.25) is 0 Å². The van der Waals surface area contributed by atoms with Crippen molar-refractivity contribution in [1.29, 1.82) is 0 Å². The van der Waals surface area contributed by atoms with Gasteiger partial charge in [0.1, 0.15) is 0 Å². The van der Waals surface area contributed by atoms with E-state index in [1.165, 1.54) is 24.3 Å². The molecule has 30 heavy (non-hydrogen) atoms. The number of carboxylic acids is 6. The van der Waals surface area contributed by atoms with Gasteiger partial charge in [0.15, 0.2) is 0 Å². The van der Waals surface area contributed by atoms with Gasteiger partial charge >= 0.3 is 35.8 Å². The van der Waals surface area contributed by atoms with Crippen molar-refractivity contribution in [3.05, 3.63) is 69.8 Å². The van der Waals surface area contributed by atoms with E-state index in [0.717, 1.165) is 12.1 Å². The van der Waals surface area contributed by atoms with Crippen molar-refractivity contribution in [3.63, 3.8) is 0 Å². The molecule has 2 aromatic carbocycles. The predicted octanol–water partition coefficient (Wildman–Crippen LogP) is 1.56. The molecule has 12 nitrogen and oxygen atoms in total. The third kappa shape index (κ3) is 5.39. The Morgan fingerprint density at radius 2 is 0.667 bits per heavy atom. The van der Waals surface area contributed by atoms with Crippen LogP contribution in [0.15, 0.2) is 36.4 Å². The molecule has 156 valence electrons. The van der Waals surface area contributed by atoms with Crippen molar-refractivity contribution in [3.8, 4) is 0 Å². The fraction of sp³-hybridized carbons (Fsp3) is 0. The van der Waals surface area contributed by atoms with Gasteiger partial charge in [-0.2, -0.15) is 0 Å². The lowest BCUT2D eigenvalue weighted by atomic mass is 9.95. The number of benzene rings is 2. The fourth-order valence-corrected chi connectivity index (χ4v) is 2.16. The highest BCUT2D eigenvalue weighted by atomic mass is 16.4. The molecule has 0 saturated heterocycles. The molecule has 0 aliphatic rings. The summed E-state index contributed by atoms with van der Waals surface area (Å²) in [4.78, 5) is 64.0. The van der Waals surface area contributed by atoms with Gasteiger partial charge in [-0.15, -0.1) is 0 Å². The van der Waals surface area contributed by atoms with Crippen LogP contribution in [0.4, 0.5) is 0 Å². The molecule has 0 amide bonds. The summed E-state index contributed by atoms with van der Waals surface area (Å²) in [6, 6.07) is 6.50. The Kier molecular flexibility index (Phi) is 7.34. The molecule has 0 spiro atoms. The number of hydrogen-bond donors (Lipinski definition) is 6. The molecular formula is C18H12O12. The summed E-state index contributed by atoms with van der Waals surface area (Å²) in [5, 5.41) is 52.1. The molecule has 0 aromatic heterocycles. The van der Waals surface area contributed by atoms with Gasteiger partial charge in [0, 0.05) is 0 Å². The molecule has 0 atom stereocenters. The second kappa shape index (κ2) is 9.45. The maximum atomic E-state index is 10.9. The summed E-state index contributed by atoms with van der Waals surface area (Å²) >= 11 is 0. The predicted molar refractivity (Wildman–Crippen MR) is 94.6 cm³/mol. The van der Waals surface area contributed by atoms with E-state index in [-0.39, 0.29) is 11.1 Å². The number of rotatable bonds is 6. The molecule has 0 unspecified atom stereocenters. The van der Waals surface area contributed by atoms with Gasteiger partial charge < -0.3 is 30.6 Å². The number of aromatic carboxylic acids is 6. The van der Waals surface area contributed by atoms with E-state index in [0.29, 0.717) is 0 Å². The number of hydrogen-bond acceptors (Lipinski definition) is 6. The Labute approximate surface area is 165 Å². The molecule has 12 heteroatoms. The zero-order valence-corrected chi connectivity index (χ0v) is 14.6. The van der Waals surface area contributed by atoms with E-state index in [4.69, 9.17) is 30.6 Å². The van der Waals surface area contributed by atoms with Gasteiger partial charge in [0.05, 0.1) is 33.4 Å². The Morgan fingerprint density at radius 1 is 0.400 bits per heavy atom. The zero-order chi connectivity index (χ0) is 23.2. The van der Waals surface area contributed by atoms with Crippen LogP contribution in [-0.2, 0) is 0 Å². The first-order valence-corrected chi connectivity index (χ1v) is 7.55. The first-order valence-electron chi connectivity index (χ1n) is 7.55. The van der Waals surface area contributed by atoms with E-state index in [2.05, 4.69) is 0 Å². The van der Waals surface area contributed by atoms with Crippen molar-refractivity contribution in [1.82, 2.24) is 0 Å². The van der Waals surface area contributed by atoms with E-state index in [1.54, 1.807) is 0 Å². The van der Waals surface area contributed by atoms with Gasteiger partial charge in [-0.1, -0.05) is 0 Å². The molecule has 0 aliphatic heterocycles. The lowest BCUT2D eigenvalue weighted by molar-refractivity contribution is 0.0619. The maximum absolute atomic E-state index is 10.9. The van der Waals surface area contributed by atoms with Crippen LogP contribution >= 0.6 is 0 Å². The molecular weight excluding hydrogens is 408 g/mol. The van der Waals surface area contributed by atoms with Crippen LogP contribution in [0.25, 0.3) is 0 Å². The summed E-state index contributed by atoms with van der Waals surface area (Å²) in [5.74, 6) is -9.10. The molecule has 0 bridgehead atoms. The average molecular weight is 420 g/mol. The lowest BCUT2D eigenvalue weighted by Crippen LogP contribution is -2.19. The minimum Gasteiger partial charge on any atom is -0.478 e. The highest BCUT2D eigenvalue weighted by Crippen LogP contribution is 2.20. The summed E-state index contributed by atoms with van der Waals surface area (Å²) in [6.45, 7) is 0. The molecule has 0 fully saturated rings. The molecule has 0 saturated carbocycles. The van der Waals surface area contributed by atoms with Crippen LogP contribution in [0.2, 0.25) is 0 Å². The Balaban J connectivity index is 0.000000325. The van der Waals surface area contributed by atoms with Crippen molar-refractivity contribution in [2.75, 3.05) is 0 Å². The molecule has 2 aromatic rings. The van der Waals surface area contributed by atoms with Gasteiger partial charge in [-0.25, -0.2) is 28.8 Å². The maximum Gasteiger partial charge on any atom is 0.337 e. The first-order chi connectivity index (χ1) is 13.9. The summed E-state index contributed by atoms with van der Waals surface area (Å²) in [7, 11) is 0. The van der Waals surface area contributed by atoms with E-state index < -0.39 is 58.1 Å². The molecule has 0 heterocycles. The van der Waals surface area contributed by atoms with Crippen molar-refractivity contribution >= 4 is 35.8 Å². The Bertz CT molecular complexity index is 966. The summed E-state index contributed by atoms with van der Waals surface area (Å²) < 4.78 is 0. The van der Waals surface area contributed by atoms with Gasteiger partial charge in [-0.3, -0.25) is 0 Å². The quantitative estimate of drug-likeness (QED) is 0.391. The lowest BCUT2D eigenvalue weighted by Gasteiger charge is -2.08. The van der Waals surface area contributed by atoms with Crippen molar-refractivity contribution < 1.29 is 59.4 Å². The van der Waals surface area contributed by atoms with Gasteiger partial charge in [-0.05, 0) is 36.4 Å². The smallest absolute Gasteiger partial charge is 0.337 e. The Morgan fingerprint density at radius 3 is 0.833 bits per heavy atom. The number of carbonyl (C=O) groups is 6. The highest BCUT2D eigenvalue weighted by molar-refractivity contribution is 6.13. The normalized spacial score (nSPS) is 9.60. The molecule has 0 radical (unpaired) electrons. The van der Waals surface area contributed by atoms with Crippen LogP contribution in [0, 0.1) is 0 Å². The standard InChI is InChI=1S/C10H6O8.C8H6O4/c11-7(12)3-1-2-4(8(13)14)6(10(17)18)5(3)9(15)16;9-7(10)5-1-2-6(4-3-5)8(11)12/h1-2H,(H,11,12)(H,13,14)(H,15,16)(H,17,18);1-4H,(H,9,10)(H,11,12). The number of carboxylic acid groups (broad SMARTS) is 6. The first kappa shape index (κ1) is 23.3. The van der Waals surface area contributed by atoms with Crippen LogP contribution in [-0.4, -0.2) is 66.5 Å². The largest absolute Gasteiger partial charge is 0.478 e. The zero-order valence-electron chi connectivity index (χ0n) is 14.6. The van der Waals surface area contributed by atoms with Crippen LogP contribution in [0.5, 0.6) is 0 Å². The Hall–Kier alpha value is -4.74. The van der Waals surface area contributed by atoms with E-state index >= 15 is 0 Å². The van der Waals surface area contributed by atoms with E-state index in [9.17, 15) is 28.8 Å². The van der Waals surface area contributed by atoms with Gasteiger partial charge in [0.25, 0.3) is 0 Å². The average Bonchev–Trinajstić information content (AvgIpc) is 2.66. The van der Waals surface area contributed by atoms with Crippen molar-refractivity contribution in [2.45, 2.75) is 0 Å². The second-order valence-electron chi connectivity index (χ2n) is 5.32. The van der Waals surface area contributed by atoms with E-state index in [1.807, 2.05) is 0 Å². The third-order valence-corrected chi connectivity index (χ3v) is 3.47. The highest BCUT2D eigenvalue weighted by Gasteiger charge is 2.29. The SMILES string of the molecule is O=C(O)c1ccc(C(=O)O)c(C(=O)O)c1C(=O)O.O=C(O)c1ccc(C(=O)O)cc1. The van der Waals surface area contributed by atoms with Crippen LogP contribution in [0.3, 0.4) is 0 Å². The van der Waals surface area contributed by atoms with Crippen molar-refractivity contribution in [2.24, 2.45) is 0 Å².